The van der Waals surface area contributed by atoms with E-state index < -0.39 is 12.0 Å². The van der Waals surface area contributed by atoms with E-state index in [0.29, 0.717) is 19.6 Å². The van der Waals surface area contributed by atoms with Crippen molar-refractivity contribution < 1.29 is 19.4 Å². The molecule has 1 aliphatic heterocycles. The molecule has 0 radical (unpaired) electrons. The maximum atomic E-state index is 11.7. The molecule has 0 aromatic carbocycles. The average Bonchev–Trinajstić information content (AvgIpc) is 2.29. The smallest absolute Gasteiger partial charge is 0.326 e. The third-order valence-corrected chi connectivity index (χ3v) is 2.68. The predicted octanol–water partition coefficient (Wildman–Crippen LogP) is 0.879. The van der Waals surface area contributed by atoms with Crippen LogP contribution in [0.3, 0.4) is 0 Å². The molecule has 1 N–H and O–H groups in total. The number of amides is 1. The monoisotopic (exact) mass is 229 g/mol. The highest BCUT2D eigenvalue weighted by atomic mass is 16.5. The number of carboxylic acid groups (broad SMARTS) is 1. The van der Waals surface area contributed by atoms with Crippen LogP contribution < -0.4 is 0 Å². The second-order valence-electron chi connectivity index (χ2n) is 3.99. The molecule has 1 aliphatic rings. The molecule has 5 nitrogen and oxygen atoms in total. The van der Waals surface area contributed by atoms with E-state index in [1.807, 2.05) is 6.92 Å². The van der Waals surface area contributed by atoms with Gasteiger partial charge in [-0.3, -0.25) is 4.79 Å². The van der Waals surface area contributed by atoms with Crippen molar-refractivity contribution in [1.29, 1.82) is 0 Å². The van der Waals surface area contributed by atoms with Gasteiger partial charge in [-0.1, -0.05) is 6.92 Å². The van der Waals surface area contributed by atoms with Gasteiger partial charge in [0.05, 0.1) is 0 Å². The lowest BCUT2D eigenvalue weighted by Crippen LogP contribution is -2.49. The molecule has 1 atom stereocenters. The minimum absolute atomic E-state index is 0.00236. The molecule has 16 heavy (non-hydrogen) atoms. The third kappa shape index (κ3) is 3.48. The first-order chi connectivity index (χ1) is 7.66. The number of carbonyl (C=O) groups is 2. The van der Waals surface area contributed by atoms with Gasteiger partial charge in [0.1, 0.15) is 12.6 Å². The largest absolute Gasteiger partial charge is 0.480 e. The molecule has 0 aromatic heterocycles. The number of hydrogen-bond acceptors (Lipinski definition) is 3. The van der Waals surface area contributed by atoms with Gasteiger partial charge in [0.25, 0.3) is 0 Å². The Morgan fingerprint density at radius 1 is 1.44 bits per heavy atom. The topological polar surface area (TPSA) is 66.8 Å². The molecule has 1 fully saturated rings. The minimum atomic E-state index is -0.913. The van der Waals surface area contributed by atoms with Crippen LogP contribution in [0.25, 0.3) is 0 Å². The van der Waals surface area contributed by atoms with E-state index in [1.165, 1.54) is 4.90 Å². The van der Waals surface area contributed by atoms with E-state index in [-0.39, 0.29) is 12.5 Å². The van der Waals surface area contributed by atoms with E-state index in [0.717, 1.165) is 19.3 Å². The van der Waals surface area contributed by atoms with Crippen LogP contribution in [0.15, 0.2) is 0 Å². The summed E-state index contributed by atoms with van der Waals surface area (Å²) in [6, 6.07) is -0.661. The second-order valence-corrected chi connectivity index (χ2v) is 3.99. The Kier molecular flexibility index (Phi) is 5.25. The number of ether oxygens (including phenoxy) is 1. The summed E-state index contributed by atoms with van der Waals surface area (Å²) in [4.78, 5) is 24.1. The summed E-state index contributed by atoms with van der Waals surface area (Å²) in [6.45, 7) is 3.03. The molecule has 0 bridgehead atoms. The highest BCUT2D eigenvalue weighted by Crippen LogP contribution is 2.17. The number of carboxylic acids is 1. The summed E-state index contributed by atoms with van der Waals surface area (Å²) in [7, 11) is 0. The summed E-state index contributed by atoms with van der Waals surface area (Å²) >= 11 is 0. The zero-order valence-corrected chi connectivity index (χ0v) is 9.65. The number of piperidine rings is 1. The molecule has 1 rings (SSSR count). The average molecular weight is 229 g/mol. The van der Waals surface area contributed by atoms with Crippen LogP contribution in [-0.2, 0) is 14.3 Å². The van der Waals surface area contributed by atoms with Crippen LogP contribution in [0.5, 0.6) is 0 Å². The van der Waals surface area contributed by atoms with Crippen molar-refractivity contribution in [2.75, 3.05) is 19.8 Å². The maximum absolute atomic E-state index is 11.7. The molecular formula is C11H19NO4. The molecule has 5 heteroatoms. The van der Waals surface area contributed by atoms with Crippen molar-refractivity contribution in [3.8, 4) is 0 Å². The molecule has 0 aromatic rings. The van der Waals surface area contributed by atoms with Crippen LogP contribution in [0, 0.1) is 0 Å². The number of likely N-dealkylation sites (tertiary alicyclic amines) is 1. The van der Waals surface area contributed by atoms with Crippen LogP contribution >= 0.6 is 0 Å². The van der Waals surface area contributed by atoms with Crippen LogP contribution in [-0.4, -0.2) is 47.7 Å². The van der Waals surface area contributed by atoms with Crippen molar-refractivity contribution in [2.24, 2.45) is 0 Å². The van der Waals surface area contributed by atoms with Gasteiger partial charge >= 0.3 is 5.97 Å². The van der Waals surface area contributed by atoms with Crippen molar-refractivity contribution >= 4 is 11.9 Å². The molecule has 0 unspecified atom stereocenters. The van der Waals surface area contributed by atoms with Crippen molar-refractivity contribution in [3.63, 3.8) is 0 Å². The zero-order chi connectivity index (χ0) is 12.0. The van der Waals surface area contributed by atoms with Gasteiger partial charge in [0.15, 0.2) is 0 Å². The fourth-order valence-electron chi connectivity index (χ4n) is 1.87. The highest BCUT2D eigenvalue weighted by Gasteiger charge is 2.31. The summed E-state index contributed by atoms with van der Waals surface area (Å²) in [6.07, 6.45) is 3.16. The Morgan fingerprint density at radius 3 is 2.81 bits per heavy atom. The highest BCUT2D eigenvalue weighted by molar-refractivity contribution is 5.84. The Morgan fingerprint density at radius 2 is 2.19 bits per heavy atom. The van der Waals surface area contributed by atoms with E-state index in [2.05, 4.69) is 0 Å². The first kappa shape index (κ1) is 13.0. The van der Waals surface area contributed by atoms with E-state index >= 15 is 0 Å². The summed E-state index contributed by atoms with van der Waals surface area (Å²) < 4.78 is 5.14. The molecule has 1 saturated heterocycles. The van der Waals surface area contributed by atoms with Gasteiger partial charge in [-0.15, -0.1) is 0 Å². The van der Waals surface area contributed by atoms with Gasteiger partial charge in [-0.25, -0.2) is 4.79 Å². The maximum Gasteiger partial charge on any atom is 0.326 e. The molecule has 0 saturated carbocycles. The third-order valence-electron chi connectivity index (χ3n) is 2.68. The fourth-order valence-corrected chi connectivity index (χ4v) is 1.87. The molecule has 0 spiro atoms. The van der Waals surface area contributed by atoms with Gasteiger partial charge in [0, 0.05) is 13.2 Å². The van der Waals surface area contributed by atoms with Crippen LogP contribution in [0.1, 0.15) is 32.6 Å². The quantitative estimate of drug-likeness (QED) is 0.711. The van der Waals surface area contributed by atoms with Crippen LogP contribution in [0.2, 0.25) is 0 Å². The number of carbonyl (C=O) groups excluding carboxylic acids is 1. The van der Waals surface area contributed by atoms with Crippen LogP contribution in [0.4, 0.5) is 0 Å². The molecule has 1 heterocycles. The fraction of sp³-hybridized carbons (Fsp3) is 0.818. The SMILES string of the molecule is CCCOCC(=O)N1CCCC[C@H]1C(=O)O. The van der Waals surface area contributed by atoms with E-state index in [9.17, 15) is 9.59 Å². The van der Waals surface area contributed by atoms with Gasteiger partial charge in [0.2, 0.25) is 5.91 Å². The lowest BCUT2D eigenvalue weighted by atomic mass is 10.0. The number of hydrogen-bond donors (Lipinski definition) is 1. The summed E-state index contributed by atoms with van der Waals surface area (Å²) in [5, 5.41) is 8.99. The summed E-state index contributed by atoms with van der Waals surface area (Å²) in [5.41, 5.74) is 0. The number of rotatable bonds is 5. The van der Waals surface area contributed by atoms with Crippen molar-refractivity contribution in [1.82, 2.24) is 4.90 Å². The predicted molar refractivity (Wildman–Crippen MR) is 58.1 cm³/mol. The second kappa shape index (κ2) is 6.48. The minimum Gasteiger partial charge on any atom is -0.480 e. The number of aliphatic carboxylic acids is 1. The Bertz CT molecular complexity index is 254. The molecule has 92 valence electrons. The lowest BCUT2D eigenvalue weighted by Gasteiger charge is -2.32. The first-order valence-electron chi connectivity index (χ1n) is 5.76. The zero-order valence-electron chi connectivity index (χ0n) is 9.65. The van der Waals surface area contributed by atoms with Gasteiger partial charge in [-0.2, -0.15) is 0 Å². The lowest BCUT2D eigenvalue weighted by molar-refractivity contribution is -0.154. The normalized spacial score (nSPS) is 20.8. The Balaban J connectivity index is 2.47. The standard InChI is InChI=1S/C11H19NO4/c1-2-7-16-8-10(13)12-6-4-3-5-9(12)11(14)15/h9H,2-8H2,1H3,(H,14,15)/t9-/m0/s1. The Labute approximate surface area is 95.4 Å². The Hall–Kier alpha value is -1.10. The van der Waals surface area contributed by atoms with E-state index in [1.54, 1.807) is 0 Å². The first-order valence-corrected chi connectivity index (χ1v) is 5.76. The van der Waals surface area contributed by atoms with Gasteiger partial charge in [-0.05, 0) is 25.7 Å². The molecule has 0 aliphatic carbocycles. The molecular weight excluding hydrogens is 210 g/mol. The summed E-state index contributed by atoms with van der Waals surface area (Å²) in [5.74, 6) is -1.12. The van der Waals surface area contributed by atoms with E-state index in [4.69, 9.17) is 9.84 Å². The number of nitrogens with zero attached hydrogens (tertiary/aromatic N) is 1. The van der Waals surface area contributed by atoms with Crippen molar-refractivity contribution in [2.45, 2.75) is 38.6 Å². The van der Waals surface area contributed by atoms with Crippen molar-refractivity contribution in [3.05, 3.63) is 0 Å². The molecule has 1 amide bonds. The van der Waals surface area contributed by atoms with Gasteiger partial charge < -0.3 is 14.7 Å².